The molecule has 2 heterocycles. The molecule has 3 aromatic rings. The van der Waals surface area contributed by atoms with E-state index < -0.39 is 11.7 Å². The zero-order chi connectivity index (χ0) is 19.4. The van der Waals surface area contributed by atoms with Crippen LogP contribution in [0.3, 0.4) is 0 Å². The minimum atomic E-state index is -0.510. The predicted molar refractivity (Wildman–Crippen MR) is 105 cm³/mol. The lowest BCUT2D eigenvalue weighted by molar-refractivity contribution is 0.0523. The molecule has 0 saturated heterocycles. The molecule has 27 heavy (non-hydrogen) atoms. The zero-order valence-electron chi connectivity index (χ0n) is 15.9. The third-order valence-electron chi connectivity index (χ3n) is 3.87. The van der Waals surface area contributed by atoms with Crippen molar-refractivity contribution in [1.29, 1.82) is 0 Å². The molecule has 0 radical (unpaired) electrons. The molecule has 3 rings (SSSR count). The van der Waals surface area contributed by atoms with E-state index in [9.17, 15) is 4.79 Å². The van der Waals surface area contributed by atoms with Crippen LogP contribution in [0.1, 0.15) is 26.3 Å². The van der Waals surface area contributed by atoms with Crippen LogP contribution in [0.25, 0.3) is 22.2 Å². The fraction of sp³-hybridized carbons (Fsp3) is 0.286. The minimum absolute atomic E-state index is 0.401. The Morgan fingerprint density at radius 2 is 1.81 bits per heavy atom. The SMILES string of the molecule is COc1ccc2nccc(-c3ccc(CNC(=O)OC(C)(C)C)cc3)c2n1. The molecule has 1 aromatic carbocycles. The summed E-state index contributed by atoms with van der Waals surface area (Å²) in [6, 6.07) is 13.6. The van der Waals surface area contributed by atoms with Crippen molar-refractivity contribution >= 4 is 17.1 Å². The second-order valence-electron chi connectivity index (χ2n) is 7.13. The molecule has 1 amide bonds. The molecule has 140 valence electrons. The molecule has 0 aliphatic rings. The van der Waals surface area contributed by atoms with E-state index in [2.05, 4.69) is 15.3 Å². The number of rotatable bonds is 4. The number of ether oxygens (including phenoxy) is 2. The van der Waals surface area contributed by atoms with Crippen LogP contribution in [0, 0.1) is 0 Å². The van der Waals surface area contributed by atoms with Crippen molar-refractivity contribution in [3.8, 4) is 17.0 Å². The number of nitrogens with one attached hydrogen (secondary N) is 1. The van der Waals surface area contributed by atoms with Gasteiger partial charge in [-0.05, 0) is 44.0 Å². The maximum absolute atomic E-state index is 11.8. The molecular formula is C21H23N3O3. The van der Waals surface area contributed by atoms with E-state index in [1.54, 1.807) is 19.4 Å². The zero-order valence-corrected chi connectivity index (χ0v) is 15.9. The molecule has 1 N–H and O–H groups in total. The number of aromatic nitrogens is 2. The lowest BCUT2D eigenvalue weighted by atomic mass is 10.0. The average molecular weight is 365 g/mol. The Labute approximate surface area is 158 Å². The Morgan fingerprint density at radius 1 is 1.07 bits per heavy atom. The van der Waals surface area contributed by atoms with E-state index in [1.807, 2.05) is 57.2 Å². The van der Waals surface area contributed by atoms with Gasteiger partial charge in [-0.15, -0.1) is 0 Å². The summed E-state index contributed by atoms with van der Waals surface area (Å²) in [5.74, 6) is 0.551. The highest BCUT2D eigenvalue weighted by Gasteiger charge is 2.15. The normalized spacial score (nSPS) is 11.3. The monoisotopic (exact) mass is 365 g/mol. The molecule has 2 aromatic heterocycles. The number of pyridine rings is 2. The van der Waals surface area contributed by atoms with Crippen LogP contribution in [0.2, 0.25) is 0 Å². The van der Waals surface area contributed by atoms with Gasteiger partial charge in [-0.1, -0.05) is 24.3 Å². The fourth-order valence-corrected chi connectivity index (χ4v) is 2.64. The summed E-state index contributed by atoms with van der Waals surface area (Å²) in [6.45, 7) is 5.91. The first-order valence-electron chi connectivity index (χ1n) is 8.71. The number of amides is 1. The largest absolute Gasteiger partial charge is 0.481 e. The molecule has 0 spiro atoms. The number of carbonyl (C=O) groups excluding carboxylic acids is 1. The number of methoxy groups -OCH3 is 1. The highest BCUT2D eigenvalue weighted by atomic mass is 16.6. The van der Waals surface area contributed by atoms with Crippen LogP contribution in [0.15, 0.2) is 48.7 Å². The van der Waals surface area contributed by atoms with Crippen molar-refractivity contribution in [3.63, 3.8) is 0 Å². The van der Waals surface area contributed by atoms with Gasteiger partial charge < -0.3 is 14.8 Å². The minimum Gasteiger partial charge on any atom is -0.481 e. The molecule has 0 aliphatic carbocycles. The Balaban J connectivity index is 1.78. The second kappa shape index (κ2) is 7.61. The third-order valence-corrected chi connectivity index (χ3v) is 3.87. The highest BCUT2D eigenvalue weighted by Crippen LogP contribution is 2.27. The first kappa shape index (κ1) is 18.6. The van der Waals surface area contributed by atoms with E-state index in [1.165, 1.54) is 0 Å². The van der Waals surface area contributed by atoms with Crippen LogP contribution in [0.4, 0.5) is 4.79 Å². The van der Waals surface area contributed by atoms with Gasteiger partial charge in [0.2, 0.25) is 5.88 Å². The van der Waals surface area contributed by atoms with E-state index in [0.717, 1.165) is 27.7 Å². The summed E-state index contributed by atoms with van der Waals surface area (Å²) in [4.78, 5) is 20.7. The van der Waals surface area contributed by atoms with Crippen LogP contribution >= 0.6 is 0 Å². The van der Waals surface area contributed by atoms with E-state index >= 15 is 0 Å². The van der Waals surface area contributed by atoms with Crippen LogP contribution in [-0.4, -0.2) is 28.8 Å². The molecule has 0 bridgehead atoms. The smallest absolute Gasteiger partial charge is 0.407 e. The van der Waals surface area contributed by atoms with E-state index in [4.69, 9.17) is 9.47 Å². The molecule has 0 atom stereocenters. The Kier molecular flexibility index (Phi) is 5.26. The fourth-order valence-electron chi connectivity index (χ4n) is 2.64. The summed E-state index contributed by atoms with van der Waals surface area (Å²) in [5, 5.41) is 2.76. The molecule has 6 heteroatoms. The molecular weight excluding hydrogens is 342 g/mol. The molecule has 0 unspecified atom stereocenters. The number of benzene rings is 1. The van der Waals surface area contributed by atoms with Gasteiger partial charge in [0.15, 0.2) is 0 Å². The van der Waals surface area contributed by atoms with E-state index in [-0.39, 0.29) is 0 Å². The second-order valence-corrected chi connectivity index (χ2v) is 7.13. The predicted octanol–water partition coefficient (Wildman–Crippen LogP) is 4.33. The number of carbonyl (C=O) groups is 1. The molecule has 6 nitrogen and oxygen atoms in total. The molecule has 0 fully saturated rings. The Bertz CT molecular complexity index is 947. The summed E-state index contributed by atoms with van der Waals surface area (Å²) in [7, 11) is 1.59. The first-order valence-corrected chi connectivity index (χ1v) is 8.71. The van der Waals surface area contributed by atoms with Gasteiger partial charge in [0.1, 0.15) is 11.1 Å². The van der Waals surface area contributed by atoms with Gasteiger partial charge in [0, 0.05) is 24.4 Å². The van der Waals surface area contributed by atoms with Gasteiger partial charge in [-0.25, -0.2) is 9.78 Å². The Hall–Kier alpha value is -3.15. The van der Waals surface area contributed by atoms with Crippen molar-refractivity contribution in [2.24, 2.45) is 0 Å². The van der Waals surface area contributed by atoms with Crippen LogP contribution < -0.4 is 10.1 Å². The maximum Gasteiger partial charge on any atom is 0.407 e. The average Bonchev–Trinajstić information content (AvgIpc) is 2.64. The maximum atomic E-state index is 11.8. The number of nitrogens with zero attached hydrogens (tertiary/aromatic N) is 2. The highest BCUT2D eigenvalue weighted by molar-refractivity contribution is 5.91. The van der Waals surface area contributed by atoms with Gasteiger partial charge >= 0.3 is 6.09 Å². The number of hydrogen-bond acceptors (Lipinski definition) is 5. The summed E-state index contributed by atoms with van der Waals surface area (Å²) in [5.41, 5.74) is 4.06. The summed E-state index contributed by atoms with van der Waals surface area (Å²) < 4.78 is 10.5. The van der Waals surface area contributed by atoms with E-state index in [0.29, 0.717) is 12.4 Å². The Morgan fingerprint density at radius 3 is 2.48 bits per heavy atom. The summed E-state index contributed by atoms with van der Waals surface area (Å²) >= 11 is 0. The number of fused-ring (bicyclic) bond motifs is 1. The first-order chi connectivity index (χ1) is 12.9. The van der Waals surface area contributed by atoms with Crippen molar-refractivity contribution in [2.45, 2.75) is 32.9 Å². The van der Waals surface area contributed by atoms with Gasteiger partial charge in [-0.3, -0.25) is 4.98 Å². The van der Waals surface area contributed by atoms with Crippen molar-refractivity contribution in [2.75, 3.05) is 7.11 Å². The lowest BCUT2D eigenvalue weighted by Crippen LogP contribution is -2.32. The van der Waals surface area contributed by atoms with Crippen LogP contribution in [0.5, 0.6) is 5.88 Å². The standard InChI is InChI=1S/C21H23N3O3/c1-21(2,3)27-20(25)23-13-14-5-7-15(8-6-14)16-11-12-22-17-9-10-18(26-4)24-19(16)17/h5-12H,13H2,1-4H3,(H,23,25). The quantitative estimate of drug-likeness (QED) is 0.745. The van der Waals surface area contributed by atoms with Gasteiger partial charge in [0.05, 0.1) is 12.6 Å². The third kappa shape index (κ3) is 4.73. The molecule has 0 aliphatic heterocycles. The van der Waals surface area contributed by atoms with Crippen LogP contribution in [-0.2, 0) is 11.3 Å². The van der Waals surface area contributed by atoms with Crippen molar-refractivity contribution < 1.29 is 14.3 Å². The number of hydrogen-bond donors (Lipinski definition) is 1. The van der Waals surface area contributed by atoms with Crippen molar-refractivity contribution in [3.05, 3.63) is 54.2 Å². The van der Waals surface area contributed by atoms with Gasteiger partial charge in [-0.2, -0.15) is 0 Å². The van der Waals surface area contributed by atoms with Crippen molar-refractivity contribution in [1.82, 2.24) is 15.3 Å². The topological polar surface area (TPSA) is 73.3 Å². The number of alkyl carbamates (subject to hydrolysis) is 1. The van der Waals surface area contributed by atoms with Gasteiger partial charge in [0.25, 0.3) is 0 Å². The molecule has 0 saturated carbocycles. The lowest BCUT2D eigenvalue weighted by Gasteiger charge is -2.19. The summed E-state index contributed by atoms with van der Waals surface area (Å²) in [6.07, 6.45) is 1.34.